The minimum Gasteiger partial charge on any atom is -0.394 e. The van der Waals surface area contributed by atoms with E-state index in [1.807, 2.05) is 36.4 Å². The van der Waals surface area contributed by atoms with E-state index in [0.717, 1.165) is 10.8 Å². The predicted octanol–water partition coefficient (Wildman–Crippen LogP) is 5.44. The number of fused-ring (bicyclic) bond motifs is 13. The quantitative estimate of drug-likeness (QED) is 0.135. The van der Waals surface area contributed by atoms with E-state index in [1.165, 1.54) is 0 Å². The van der Waals surface area contributed by atoms with E-state index in [-0.39, 0.29) is 146 Å². The Bertz CT molecular complexity index is 4760. The Morgan fingerprint density at radius 3 is 1.05 bits per heavy atom. The third-order valence-electron chi connectivity index (χ3n) is 10.8. The highest BCUT2D eigenvalue weighted by Crippen LogP contribution is 2.39. The predicted molar refractivity (Wildman–Crippen MR) is 267 cm³/mol. The smallest absolute Gasteiger partial charge is 0.373 e. The van der Waals surface area contributed by atoms with E-state index in [1.54, 1.807) is 72.8 Å². The summed E-state index contributed by atoms with van der Waals surface area (Å²) in [6, 6.07) is 31.9. The standard InChI is InChI=1S/2C18N12.C16H6N4/c1-23-17-13-15(28-10(6-22)29-17)11-7(3-19)25-9(5-21)27-14(11)12-8(4-20)26-18(24-2)30-16(12)13;1-23-17-9(5-21)27-13-11-12(26-8(4-20)7(3-19)25-11)14-16(15(13)29-17)30-18(24-2)10(6-22)28-14;17-7-15(8-18)13-3-1-11-5-14(16(9-19)10-20)4-2-12(11)6-13/h;;1-6H. The maximum atomic E-state index is 9.60. The molecule has 0 bridgehead atoms. The normalized spacial score (nSPS) is 9.55. The topological polar surface area (TPSA) is 458 Å². The summed E-state index contributed by atoms with van der Waals surface area (Å²) in [5.74, 6) is -1.93. The molecule has 0 radical (unpaired) electrons. The maximum Gasteiger partial charge on any atom is 0.373 e. The van der Waals surface area contributed by atoms with E-state index in [2.05, 4.69) is 79.2 Å². The molecule has 0 spiro atoms. The van der Waals surface area contributed by atoms with Gasteiger partial charge in [-0.15, -0.1) is 26.5 Å². The van der Waals surface area contributed by atoms with E-state index < -0.39 is 0 Å². The van der Waals surface area contributed by atoms with Crippen molar-refractivity contribution in [2.75, 3.05) is 0 Å². The zero-order chi connectivity index (χ0) is 57.4. The fraction of sp³-hybridized carbons (Fsp3) is 0. The lowest BCUT2D eigenvalue weighted by Gasteiger charge is -2.09. The van der Waals surface area contributed by atoms with Gasteiger partial charge in [-0.05, 0) is 22.9 Å². The maximum absolute atomic E-state index is 9.60. The molecule has 0 amide bonds. The van der Waals surface area contributed by atoms with Crippen molar-refractivity contribution in [3.8, 4) is 72.8 Å². The number of aromatic nitrogens is 12. The number of rotatable bonds is 0. The first-order valence-corrected chi connectivity index (χ1v) is 21.1. The summed E-state index contributed by atoms with van der Waals surface area (Å²) >= 11 is 0. The van der Waals surface area contributed by atoms with Crippen LogP contribution in [0, 0.1) is 162 Å². The zero-order valence-electron chi connectivity index (χ0n) is 39.0. The van der Waals surface area contributed by atoms with Crippen LogP contribution in [0.1, 0.15) is 45.8 Å². The summed E-state index contributed by atoms with van der Waals surface area (Å²) in [6.07, 6.45) is 0. The van der Waals surface area contributed by atoms with Crippen molar-refractivity contribution in [2.45, 2.75) is 0 Å². The first kappa shape index (κ1) is 51.1. The van der Waals surface area contributed by atoms with Gasteiger partial charge in [-0.3, -0.25) is 0 Å². The van der Waals surface area contributed by atoms with Gasteiger partial charge in [0.25, 0.3) is 5.82 Å². The molecule has 0 unspecified atom stereocenters. The molecule has 354 valence electrons. The van der Waals surface area contributed by atoms with Crippen LogP contribution in [-0.2, 0) is 0 Å². The molecule has 80 heavy (non-hydrogen) atoms. The van der Waals surface area contributed by atoms with Crippen LogP contribution in [0.4, 0.5) is 23.4 Å². The molecule has 10 aromatic rings. The first-order valence-electron chi connectivity index (χ1n) is 21.1. The van der Waals surface area contributed by atoms with Crippen LogP contribution in [0.15, 0.2) is 36.4 Å². The highest BCUT2D eigenvalue weighted by molar-refractivity contribution is 6.26. The molecule has 0 saturated heterocycles. The van der Waals surface area contributed by atoms with Gasteiger partial charge in [0.05, 0.1) is 27.2 Å². The molecule has 0 aliphatic rings. The zero-order valence-corrected chi connectivity index (χ0v) is 39.0. The van der Waals surface area contributed by atoms with Crippen molar-refractivity contribution < 1.29 is 0 Å². The average Bonchev–Trinajstić information content (AvgIpc) is 3.69. The minimum atomic E-state index is -0.366. The Kier molecular flexibility index (Phi) is 13.6. The summed E-state index contributed by atoms with van der Waals surface area (Å²) < 4.78 is 0. The van der Waals surface area contributed by atoms with Crippen molar-refractivity contribution in [3.05, 3.63) is 138 Å². The number of hydrogen-bond donors (Lipinski definition) is 0. The Hall–Kier alpha value is -15.2. The van der Waals surface area contributed by atoms with Gasteiger partial charge < -0.3 is 19.4 Å². The van der Waals surface area contributed by atoms with Crippen LogP contribution in [0.2, 0.25) is 0 Å². The lowest BCUT2D eigenvalue weighted by atomic mass is 10.0. The van der Waals surface area contributed by atoms with Gasteiger partial charge in [0.2, 0.25) is 22.6 Å². The van der Waals surface area contributed by atoms with Gasteiger partial charge in [0, 0.05) is 10.4 Å². The van der Waals surface area contributed by atoms with Crippen LogP contribution in [-0.4, -0.2) is 59.8 Å². The molecule has 28 heteroatoms. The monoisotopic (exact) mass is 1020 g/mol. The molecular formula is C52H6N28. The van der Waals surface area contributed by atoms with Gasteiger partial charge in [-0.25, -0.2) is 29.9 Å². The fourth-order valence-corrected chi connectivity index (χ4v) is 7.57. The summed E-state index contributed by atoms with van der Waals surface area (Å²) in [6.45, 7) is 29.1. The summed E-state index contributed by atoms with van der Waals surface area (Å²) in [5.41, 5.74) is -1.68. The Morgan fingerprint density at radius 1 is 0.312 bits per heavy atom. The van der Waals surface area contributed by atoms with E-state index in [0.29, 0.717) is 10.4 Å². The number of hydrogen-bond acceptors (Lipinski definition) is 24. The second kappa shape index (κ2) is 21.2. The third-order valence-corrected chi connectivity index (χ3v) is 10.8. The molecule has 0 atom stereocenters. The van der Waals surface area contributed by atoms with Crippen LogP contribution >= 0.6 is 0 Å². The SMILES string of the molecule is N#CC(C#N)=c1ccc2cc(=C(C#N)C#N)ccc2c1.[C-]#[N+]c1nc(C#N)c2c3nc(C#N)nc(C#N)c3c3nc(C#N)nc([N+]#[C-])c3c2n1.[C-]#[N+]c1nc2c(nc1C#N)c1nc(C#N)c(C#N)nc1c1nc(C#N)c([N+]#[C-])nc12. The second-order valence-electron chi connectivity index (χ2n) is 14.9. The molecule has 0 saturated carbocycles. The first-order chi connectivity index (χ1) is 38.9. The van der Waals surface area contributed by atoms with Gasteiger partial charge in [-0.1, -0.05) is 49.0 Å². The van der Waals surface area contributed by atoms with Crippen LogP contribution < -0.4 is 10.4 Å². The molecule has 0 aliphatic heterocycles. The lowest BCUT2D eigenvalue weighted by Crippen LogP contribution is -2.06. The van der Waals surface area contributed by atoms with Crippen molar-refractivity contribution in [1.82, 2.24) is 59.8 Å². The fourth-order valence-electron chi connectivity index (χ4n) is 7.57. The van der Waals surface area contributed by atoms with Crippen molar-refractivity contribution >= 4 is 111 Å². The number of nitrogens with zero attached hydrogens (tertiary/aromatic N) is 28. The van der Waals surface area contributed by atoms with E-state index in [4.69, 9.17) is 47.3 Å². The van der Waals surface area contributed by atoms with Gasteiger partial charge in [0.1, 0.15) is 105 Å². The lowest BCUT2D eigenvalue weighted by molar-refractivity contribution is 1.13. The Balaban J connectivity index is 0.000000161. The molecule has 0 aliphatic carbocycles. The average molecular weight is 1020 g/mol. The van der Waals surface area contributed by atoms with Crippen molar-refractivity contribution in [3.63, 3.8) is 0 Å². The summed E-state index contributed by atoms with van der Waals surface area (Å²) in [7, 11) is 0. The van der Waals surface area contributed by atoms with E-state index >= 15 is 0 Å². The molecular weight excluding hydrogens is 1020 g/mol. The minimum absolute atomic E-state index is 0.00714. The summed E-state index contributed by atoms with van der Waals surface area (Å²) in [4.78, 5) is 61.5. The molecule has 6 aromatic heterocycles. The number of benzene rings is 4. The molecule has 6 heterocycles. The van der Waals surface area contributed by atoms with Crippen molar-refractivity contribution in [1.29, 1.82) is 63.1 Å². The van der Waals surface area contributed by atoms with Gasteiger partial charge in [-0.2, -0.15) is 68.1 Å². The second-order valence-corrected chi connectivity index (χ2v) is 14.9. The molecule has 4 aromatic carbocycles. The molecule has 0 N–H and O–H groups in total. The molecule has 28 nitrogen and oxygen atoms in total. The largest absolute Gasteiger partial charge is 0.394 e. The van der Waals surface area contributed by atoms with Gasteiger partial charge in [0.15, 0.2) is 34.5 Å². The van der Waals surface area contributed by atoms with Gasteiger partial charge >= 0.3 is 23.4 Å². The highest BCUT2D eigenvalue weighted by atomic mass is 15.0. The molecule has 0 fully saturated rings. The van der Waals surface area contributed by atoms with Crippen LogP contribution in [0.3, 0.4) is 0 Å². The molecule has 10 rings (SSSR count). The Morgan fingerprint density at radius 2 is 0.675 bits per heavy atom. The Labute approximate surface area is 443 Å². The number of nitriles is 12. The van der Waals surface area contributed by atoms with Crippen LogP contribution in [0.5, 0.6) is 0 Å². The third kappa shape index (κ3) is 8.61. The van der Waals surface area contributed by atoms with Crippen LogP contribution in [0.25, 0.3) is 107 Å². The van der Waals surface area contributed by atoms with E-state index in [9.17, 15) is 42.1 Å². The van der Waals surface area contributed by atoms with Crippen molar-refractivity contribution in [2.24, 2.45) is 0 Å². The summed E-state index contributed by atoms with van der Waals surface area (Å²) in [5, 5.41) is 113. The highest BCUT2D eigenvalue weighted by Gasteiger charge is 2.29.